The summed E-state index contributed by atoms with van der Waals surface area (Å²) in [6.45, 7) is -0.351. The third-order valence-corrected chi connectivity index (χ3v) is 12.0. The molecular weight excluding hydrogens is 682 g/mol. The van der Waals surface area contributed by atoms with Crippen molar-refractivity contribution in [2.75, 3.05) is 0 Å². The number of carbonyl (C=O) groups excluding carboxylic acids is 3. The molecule has 3 amide bonds. The Hall–Kier alpha value is -1.49. The van der Waals surface area contributed by atoms with Crippen LogP contribution in [0, 0.1) is 22.0 Å². The van der Waals surface area contributed by atoms with Crippen LogP contribution >= 0.6 is 92.8 Å². The lowest BCUT2D eigenvalue weighted by Crippen LogP contribution is -2.55. The number of amides is 3. The van der Waals surface area contributed by atoms with E-state index in [0.29, 0.717) is 10.6 Å². The topological polar surface area (TPSA) is 101 Å². The second-order valence-electron chi connectivity index (χ2n) is 8.98. The van der Waals surface area contributed by atoms with Gasteiger partial charge < -0.3 is 0 Å². The number of imide groups is 1. The predicted molar refractivity (Wildman–Crippen MR) is 149 cm³/mol. The van der Waals surface area contributed by atoms with E-state index in [1.54, 1.807) is 0 Å². The largest absolute Gasteiger partial charge is 0.273 e. The maximum Gasteiger partial charge on any atom is 0.273 e. The number of carbonyl (C=O) groups is 3. The summed E-state index contributed by atoms with van der Waals surface area (Å²) >= 11 is 51.5. The van der Waals surface area contributed by atoms with Crippen LogP contribution < -0.4 is 0 Å². The lowest BCUT2D eigenvalue weighted by Gasteiger charge is -2.37. The quantitative estimate of drug-likeness (QED) is 0.147. The minimum absolute atomic E-state index is 0.0688. The molecule has 1 aliphatic heterocycles. The van der Waals surface area contributed by atoms with Gasteiger partial charge in [-0.15, -0.1) is 23.2 Å². The van der Waals surface area contributed by atoms with E-state index in [9.17, 15) is 24.5 Å². The minimum atomic E-state index is -2.15. The van der Waals surface area contributed by atoms with E-state index < -0.39 is 48.6 Å². The first-order valence-corrected chi connectivity index (χ1v) is 13.8. The van der Waals surface area contributed by atoms with Gasteiger partial charge >= 0.3 is 0 Å². The second-order valence-corrected chi connectivity index (χ2v) is 13.1. The molecule has 5 rings (SSSR count). The highest BCUT2D eigenvalue weighted by molar-refractivity contribution is 6.66. The van der Waals surface area contributed by atoms with Gasteiger partial charge in [0.25, 0.3) is 23.4 Å². The Kier molecular flexibility index (Phi) is 7.09. The molecule has 0 spiro atoms. The van der Waals surface area contributed by atoms with Crippen LogP contribution in [0.5, 0.6) is 0 Å². The van der Waals surface area contributed by atoms with Crippen LogP contribution in [0.15, 0.2) is 52.5 Å². The number of nitro benzene ring substituents is 1. The van der Waals surface area contributed by atoms with Crippen molar-refractivity contribution in [2.24, 2.45) is 11.8 Å². The van der Waals surface area contributed by atoms with Gasteiger partial charge in [-0.1, -0.05) is 75.7 Å². The maximum absolute atomic E-state index is 13.9. The van der Waals surface area contributed by atoms with Crippen LogP contribution in [0.2, 0.25) is 10.0 Å². The molecule has 3 aliphatic rings. The predicted octanol–water partition coefficient (Wildman–Crippen LogP) is 6.91. The number of hydrazine groups is 1. The van der Waals surface area contributed by atoms with Crippen LogP contribution in [0.25, 0.3) is 0 Å². The molecule has 4 atom stereocenters. The van der Waals surface area contributed by atoms with Crippen molar-refractivity contribution in [3.05, 3.63) is 83.8 Å². The molecule has 2 fully saturated rings. The van der Waals surface area contributed by atoms with Crippen molar-refractivity contribution in [3.63, 3.8) is 0 Å². The first kappa shape index (κ1) is 29.0. The summed E-state index contributed by atoms with van der Waals surface area (Å²) in [5, 5.41) is 12.3. The van der Waals surface area contributed by atoms with Gasteiger partial charge in [-0.2, -0.15) is 5.01 Å². The summed E-state index contributed by atoms with van der Waals surface area (Å²) in [6.07, 6.45) is 0. The third-order valence-electron chi connectivity index (χ3n) is 7.00. The fourth-order valence-electron chi connectivity index (χ4n) is 5.14. The fraction of sp³-hybridized carbons (Fsp3) is 0.261. The van der Waals surface area contributed by atoms with Crippen LogP contribution in [-0.2, 0) is 16.1 Å². The second kappa shape index (κ2) is 9.53. The molecule has 16 heteroatoms. The van der Waals surface area contributed by atoms with E-state index in [-0.39, 0.29) is 37.9 Å². The van der Waals surface area contributed by atoms with Crippen LogP contribution in [0.1, 0.15) is 15.9 Å². The third kappa shape index (κ3) is 3.76. The number of benzene rings is 2. The SMILES string of the molecule is O=C(c1ccc([N+](=O)[O-])cc1)N(Cc1ccc(Cl)c(Cl)c1)N1C(=O)[C@H]2[C@H](C1=O)[C@@]1(Cl)C(Cl)=C(Cl)[C@@]2(Cl)C1(Cl)Cl. The normalized spacial score (nSPS) is 28.8. The standard InChI is InChI=1S/C23H11Cl8N3O5/c24-12-6-1-9(7-13(12)25)8-32(18(35)10-2-4-11(5-3-10)34(38)39)33-19(36)14-15(20(33)37)22(29)17(27)16(26)21(14,28)23(22,30)31/h1-7,14-15H,8H2/t14-,15-,21-,22-/m1/s1. The number of nitro groups is 1. The zero-order valence-electron chi connectivity index (χ0n) is 18.8. The monoisotopic (exact) mass is 689 g/mol. The van der Waals surface area contributed by atoms with Gasteiger partial charge in [-0.3, -0.25) is 24.5 Å². The highest BCUT2D eigenvalue weighted by atomic mass is 35.5. The number of non-ortho nitro benzene ring substituents is 1. The number of halogens is 8. The van der Waals surface area contributed by atoms with E-state index in [4.69, 9.17) is 92.8 Å². The number of alkyl halides is 4. The average molecular weight is 693 g/mol. The van der Waals surface area contributed by atoms with Crippen molar-refractivity contribution < 1.29 is 19.3 Å². The molecule has 1 heterocycles. The van der Waals surface area contributed by atoms with Crippen LogP contribution in [-0.4, -0.2) is 46.7 Å². The molecule has 1 saturated carbocycles. The number of hydrogen-bond acceptors (Lipinski definition) is 5. The minimum Gasteiger partial charge on any atom is -0.272 e. The van der Waals surface area contributed by atoms with Gasteiger partial charge in [0.2, 0.25) is 0 Å². The Balaban J connectivity index is 1.61. The Morgan fingerprint density at radius 3 is 1.85 bits per heavy atom. The Bertz CT molecular complexity index is 1470. The molecule has 1 saturated heterocycles. The van der Waals surface area contributed by atoms with Gasteiger partial charge in [-0.25, -0.2) is 5.01 Å². The number of nitrogens with zero attached hydrogens (tertiary/aromatic N) is 3. The number of fused-ring (bicyclic) bond motifs is 5. The Labute approximate surface area is 260 Å². The molecule has 0 N–H and O–H groups in total. The first-order chi connectivity index (χ1) is 18.1. The van der Waals surface area contributed by atoms with Crippen LogP contribution in [0.4, 0.5) is 5.69 Å². The average Bonchev–Trinajstić information content (AvgIpc) is 3.27. The zero-order valence-corrected chi connectivity index (χ0v) is 24.9. The summed E-state index contributed by atoms with van der Waals surface area (Å²) in [4.78, 5) is 47.8. The van der Waals surface area contributed by atoms with E-state index in [1.807, 2.05) is 0 Å². The maximum atomic E-state index is 13.9. The number of rotatable bonds is 5. The molecule has 2 bridgehead atoms. The summed E-state index contributed by atoms with van der Waals surface area (Å²) in [5.74, 6) is -5.72. The molecule has 0 unspecified atom stereocenters. The van der Waals surface area contributed by atoms with Crippen molar-refractivity contribution in [2.45, 2.75) is 20.6 Å². The van der Waals surface area contributed by atoms with Gasteiger partial charge in [0, 0.05) is 17.7 Å². The lowest BCUT2D eigenvalue weighted by atomic mass is 9.84. The summed E-state index contributed by atoms with van der Waals surface area (Å²) in [7, 11) is 0. The highest BCUT2D eigenvalue weighted by Gasteiger charge is 2.88. The molecule has 8 nitrogen and oxygen atoms in total. The molecule has 2 aliphatic carbocycles. The molecule has 204 valence electrons. The van der Waals surface area contributed by atoms with Crippen LogP contribution in [0.3, 0.4) is 0 Å². The summed E-state index contributed by atoms with van der Waals surface area (Å²) < 4.78 is -2.15. The highest BCUT2D eigenvalue weighted by Crippen LogP contribution is 2.77. The van der Waals surface area contributed by atoms with Gasteiger partial charge in [-0.05, 0) is 29.8 Å². The lowest BCUT2D eigenvalue weighted by molar-refractivity contribution is -0.384. The van der Waals surface area contributed by atoms with E-state index in [0.717, 1.165) is 17.1 Å². The first-order valence-electron chi connectivity index (χ1n) is 10.8. The van der Waals surface area contributed by atoms with Crippen molar-refractivity contribution in [1.29, 1.82) is 0 Å². The molecule has 2 aromatic rings. The summed E-state index contributed by atoms with van der Waals surface area (Å²) in [5.41, 5.74) is 0.0477. The molecular formula is C23H11Cl8N3O5. The van der Waals surface area contributed by atoms with E-state index >= 15 is 0 Å². The van der Waals surface area contributed by atoms with Crippen molar-refractivity contribution in [3.8, 4) is 0 Å². The summed E-state index contributed by atoms with van der Waals surface area (Å²) in [6, 6.07) is 9.02. The van der Waals surface area contributed by atoms with Crippen molar-refractivity contribution >= 4 is 116 Å². The fourth-order valence-corrected chi connectivity index (χ4v) is 8.39. The van der Waals surface area contributed by atoms with Gasteiger partial charge in [0.05, 0.1) is 43.4 Å². The van der Waals surface area contributed by atoms with E-state index in [1.165, 1.54) is 30.3 Å². The zero-order chi connectivity index (χ0) is 28.8. The number of hydrogen-bond donors (Lipinski definition) is 0. The van der Waals surface area contributed by atoms with Gasteiger partial charge in [0.15, 0.2) is 4.33 Å². The van der Waals surface area contributed by atoms with Crippen molar-refractivity contribution in [1.82, 2.24) is 10.0 Å². The van der Waals surface area contributed by atoms with Gasteiger partial charge in [0.1, 0.15) is 9.75 Å². The molecule has 0 radical (unpaired) electrons. The Morgan fingerprint density at radius 1 is 0.872 bits per heavy atom. The molecule has 39 heavy (non-hydrogen) atoms. The number of allylic oxidation sites excluding steroid dienone is 2. The molecule has 2 aromatic carbocycles. The van der Waals surface area contributed by atoms with E-state index in [2.05, 4.69) is 0 Å². The smallest absolute Gasteiger partial charge is 0.272 e. The Morgan fingerprint density at radius 2 is 1.38 bits per heavy atom. The molecule has 0 aromatic heterocycles.